The van der Waals surface area contributed by atoms with Gasteiger partial charge in [-0.25, -0.2) is 19.9 Å². The van der Waals surface area contributed by atoms with Crippen molar-refractivity contribution in [2.24, 2.45) is 0 Å². The molecule has 0 amide bonds. The molecule has 11 aromatic rings. The summed E-state index contributed by atoms with van der Waals surface area (Å²) in [7, 11) is 0. The molecular weight excluding hydrogens is 745 g/mol. The number of hydrogen-bond acceptors (Lipinski definition) is 5. The molecule has 0 atom stereocenters. The van der Waals surface area contributed by atoms with Gasteiger partial charge >= 0.3 is 0 Å². The van der Waals surface area contributed by atoms with Crippen LogP contribution in [0.5, 0.6) is 0 Å². The lowest BCUT2D eigenvalue weighted by Crippen LogP contribution is -2.01. The van der Waals surface area contributed by atoms with Crippen LogP contribution >= 0.6 is 0 Å². The van der Waals surface area contributed by atoms with Crippen LogP contribution in [0.1, 0.15) is 22.3 Å². The number of hydrogen-bond donors (Lipinski definition) is 0. The highest BCUT2D eigenvalue weighted by atomic mass is 16.3. The predicted octanol–water partition coefficient (Wildman–Crippen LogP) is 14.7. The van der Waals surface area contributed by atoms with E-state index >= 15 is 0 Å². The number of benzene rings is 8. The molecule has 3 aromatic heterocycles. The van der Waals surface area contributed by atoms with E-state index in [-0.39, 0.29) is 0 Å². The fourth-order valence-electron chi connectivity index (χ4n) is 9.03. The van der Waals surface area contributed by atoms with Crippen LogP contribution < -0.4 is 0 Å². The highest BCUT2D eigenvalue weighted by molar-refractivity contribution is 6.27. The summed E-state index contributed by atoms with van der Waals surface area (Å²) in [6.45, 7) is 8.44. The molecule has 0 aliphatic carbocycles. The Balaban J connectivity index is 1.13. The average molecular weight is 785 g/mol. The zero-order valence-corrected chi connectivity index (χ0v) is 34.4. The summed E-state index contributed by atoms with van der Waals surface area (Å²) in [5.41, 5.74) is 16.6. The van der Waals surface area contributed by atoms with Crippen molar-refractivity contribution < 1.29 is 4.42 Å². The van der Waals surface area contributed by atoms with Crippen LogP contribution in [0.15, 0.2) is 174 Å². The molecule has 8 aromatic carbocycles. The first-order chi connectivity index (χ1) is 29.8. The van der Waals surface area contributed by atoms with Gasteiger partial charge in [0.25, 0.3) is 0 Å². The number of nitrogens with zero attached hydrogens (tertiary/aromatic N) is 4. The lowest BCUT2D eigenvalue weighted by Gasteiger charge is -2.16. The van der Waals surface area contributed by atoms with Crippen LogP contribution in [-0.4, -0.2) is 19.9 Å². The molecule has 0 N–H and O–H groups in total. The summed E-state index contributed by atoms with van der Waals surface area (Å²) in [6, 6.07) is 59.8. The van der Waals surface area contributed by atoms with Gasteiger partial charge in [0.2, 0.25) is 0 Å². The highest BCUT2D eigenvalue weighted by Crippen LogP contribution is 2.46. The van der Waals surface area contributed by atoms with Gasteiger partial charge in [-0.15, -0.1) is 0 Å². The maximum absolute atomic E-state index is 6.68. The topological polar surface area (TPSA) is 64.7 Å². The van der Waals surface area contributed by atoms with E-state index in [2.05, 4.69) is 179 Å². The molecule has 0 radical (unpaired) electrons. The van der Waals surface area contributed by atoms with Gasteiger partial charge in [0.1, 0.15) is 11.2 Å². The minimum atomic E-state index is 0.623. The van der Waals surface area contributed by atoms with Crippen LogP contribution in [0.3, 0.4) is 0 Å². The molecule has 11 rings (SSSR count). The van der Waals surface area contributed by atoms with Gasteiger partial charge in [-0.3, -0.25) is 0 Å². The molecule has 0 saturated carbocycles. The van der Waals surface area contributed by atoms with Crippen LogP contribution in [-0.2, 0) is 0 Å². The first-order valence-electron chi connectivity index (χ1n) is 20.7. The summed E-state index contributed by atoms with van der Waals surface area (Å²) in [6.07, 6.45) is 0. The van der Waals surface area contributed by atoms with Gasteiger partial charge in [-0.05, 0) is 86.8 Å². The van der Waals surface area contributed by atoms with Crippen molar-refractivity contribution in [2.75, 3.05) is 0 Å². The Morgan fingerprint density at radius 3 is 1.46 bits per heavy atom. The van der Waals surface area contributed by atoms with Crippen LogP contribution in [0.2, 0.25) is 0 Å². The fraction of sp³-hybridized carbons (Fsp3) is 0.0714. The normalized spacial score (nSPS) is 11.6. The van der Waals surface area contributed by atoms with E-state index < -0.39 is 0 Å². The highest BCUT2D eigenvalue weighted by Gasteiger charge is 2.22. The van der Waals surface area contributed by atoms with Gasteiger partial charge in [0.05, 0.1) is 11.2 Å². The molecule has 5 nitrogen and oxygen atoms in total. The first kappa shape index (κ1) is 36.3. The van der Waals surface area contributed by atoms with Crippen LogP contribution in [0.4, 0.5) is 0 Å². The van der Waals surface area contributed by atoms with Crippen molar-refractivity contribution in [1.29, 1.82) is 0 Å². The minimum Gasteiger partial charge on any atom is -0.456 e. The maximum Gasteiger partial charge on any atom is 0.164 e. The molecule has 0 bridgehead atoms. The van der Waals surface area contributed by atoms with Gasteiger partial charge in [-0.1, -0.05) is 150 Å². The molecule has 0 spiro atoms. The van der Waals surface area contributed by atoms with Gasteiger partial charge in [-0.2, -0.15) is 0 Å². The second kappa shape index (κ2) is 14.5. The Labute approximate surface area is 354 Å². The zero-order valence-electron chi connectivity index (χ0n) is 34.4. The van der Waals surface area contributed by atoms with Crippen molar-refractivity contribution >= 4 is 43.6 Å². The average Bonchev–Trinajstić information content (AvgIpc) is 3.66. The molecule has 0 fully saturated rings. The lowest BCUT2D eigenvalue weighted by molar-refractivity contribution is 0.669. The molecule has 290 valence electrons. The summed E-state index contributed by atoms with van der Waals surface area (Å²) < 4.78 is 6.68. The molecule has 0 aliphatic rings. The largest absolute Gasteiger partial charge is 0.456 e. The Hall–Kier alpha value is -7.76. The number of fused-ring (bicyclic) bond motifs is 6. The summed E-state index contributed by atoms with van der Waals surface area (Å²) in [5.74, 6) is 1.93. The summed E-state index contributed by atoms with van der Waals surface area (Å²) >= 11 is 0. The molecule has 0 saturated heterocycles. The van der Waals surface area contributed by atoms with E-state index in [1.807, 2.05) is 18.2 Å². The van der Waals surface area contributed by atoms with E-state index in [0.29, 0.717) is 17.5 Å². The van der Waals surface area contributed by atoms with E-state index in [0.717, 1.165) is 111 Å². The van der Waals surface area contributed by atoms with Gasteiger partial charge in [0, 0.05) is 54.7 Å². The standard InChI is InChI=1S/C56H40N4O/c1-33-26-34(2)29-42(28-33)55-58-54(59-56(60-55)43-30-35(3)27-36(4)31-43)41-24-20-39(21-25-41)50-51-44-14-8-10-16-47(44)57-53(40-22-18-38(19-23-40)37-12-6-5-7-13-37)46(51)32-49-52(50)45-15-9-11-17-48(45)61-49/h5-32H,1-4H3. The lowest BCUT2D eigenvalue weighted by atomic mass is 9.89. The Morgan fingerprint density at radius 2 is 0.820 bits per heavy atom. The summed E-state index contributed by atoms with van der Waals surface area (Å²) in [4.78, 5) is 20.7. The third-order valence-corrected chi connectivity index (χ3v) is 11.6. The molecule has 0 aliphatic heterocycles. The van der Waals surface area contributed by atoms with E-state index in [1.165, 1.54) is 5.56 Å². The molecule has 5 heteroatoms. The van der Waals surface area contributed by atoms with E-state index in [1.54, 1.807) is 0 Å². The Morgan fingerprint density at radius 1 is 0.328 bits per heavy atom. The van der Waals surface area contributed by atoms with Crippen molar-refractivity contribution in [2.45, 2.75) is 27.7 Å². The molecule has 0 unspecified atom stereocenters. The number of pyridine rings is 1. The van der Waals surface area contributed by atoms with E-state index in [4.69, 9.17) is 24.4 Å². The van der Waals surface area contributed by atoms with Gasteiger partial charge < -0.3 is 4.42 Å². The third kappa shape index (κ3) is 6.52. The SMILES string of the molecule is Cc1cc(C)cc(-c2nc(-c3ccc(-c4c5c(cc6c(-c7ccc(-c8ccccc8)cc7)nc7ccccc7c46)oc4ccccc45)cc3)nc(-c3cc(C)cc(C)c3)n2)c1. The smallest absolute Gasteiger partial charge is 0.164 e. The minimum absolute atomic E-state index is 0.623. The Bertz CT molecular complexity index is 3390. The third-order valence-electron chi connectivity index (χ3n) is 11.6. The van der Waals surface area contributed by atoms with Crippen LogP contribution in [0, 0.1) is 27.7 Å². The monoisotopic (exact) mass is 784 g/mol. The number of para-hydroxylation sites is 2. The number of rotatable bonds is 6. The maximum atomic E-state index is 6.68. The second-order valence-corrected chi connectivity index (χ2v) is 16.2. The van der Waals surface area contributed by atoms with Crippen molar-refractivity contribution in [3.8, 4) is 67.7 Å². The first-order valence-corrected chi connectivity index (χ1v) is 20.7. The number of aryl methyl sites for hydroxylation is 4. The molecule has 61 heavy (non-hydrogen) atoms. The van der Waals surface area contributed by atoms with Crippen LogP contribution in [0.25, 0.3) is 111 Å². The molecular formula is C56H40N4O. The van der Waals surface area contributed by atoms with Crippen molar-refractivity contribution in [3.05, 3.63) is 192 Å². The van der Waals surface area contributed by atoms with Crippen molar-refractivity contribution in [3.63, 3.8) is 0 Å². The number of aromatic nitrogens is 4. The van der Waals surface area contributed by atoms with Gasteiger partial charge in [0.15, 0.2) is 17.5 Å². The fourth-order valence-corrected chi connectivity index (χ4v) is 9.03. The Kier molecular flexibility index (Phi) is 8.64. The molecule has 3 heterocycles. The number of furan rings is 1. The van der Waals surface area contributed by atoms with Crippen molar-refractivity contribution in [1.82, 2.24) is 19.9 Å². The second-order valence-electron chi connectivity index (χ2n) is 16.2. The summed E-state index contributed by atoms with van der Waals surface area (Å²) in [5, 5.41) is 5.40. The zero-order chi connectivity index (χ0) is 41.2. The quantitative estimate of drug-likeness (QED) is 0.157. The van der Waals surface area contributed by atoms with E-state index in [9.17, 15) is 0 Å². The predicted molar refractivity (Wildman–Crippen MR) is 251 cm³/mol.